The summed E-state index contributed by atoms with van der Waals surface area (Å²) in [6.45, 7) is 0.844. The van der Waals surface area contributed by atoms with E-state index in [4.69, 9.17) is 0 Å². The molecule has 0 saturated heterocycles. The van der Waals surface area contributed by atoms with Gasteiger partial charge in [-0.2, -0.15) is 10.4 Å². The fourth-order valence-corrected chi connectivity index (χ4v) is 2.69. The van der Waals surface area contributed by atoms with Gasteiger partial charge in [-0.15, -0.1) is 10.2 Å². The Bertz CT molecular complexity index is 725. The van der Waals surface area contributed by atoms with Gasteiger partial charge in [-0.3, -0.25) is 5.43 Å². The number of hydrogen-bond donors (Lipinski definition) is 1. The van der Waals surface area contributed by atoms with Gasteiger partial charge in [-0.25, -0.2) is 0 Å². The van der Waals surface area contributed by atoms with Crippen LogP contribution in [0.5, 0.6) is 0 Å². The van der Waals surface area contributed by atoms with Gasteiger partial charge in [0.25, 0.3) is 0 Å². The summed E-state index contributed by atoms with van der Waals surface area (Å²) in [4.78, 5) is 0. The average molecular weight is 359 g/mol. The lowest BCUT2D eigenvalue weighted by atomic mass is 10.2. The van der Waals surface area contributed by atoms with Gasteiger partial charge < -0.3 is 4.57 Å². The van der Waals surface area contributed by atoms with Crippen LogP contribution in [0.15, 0.2) is 33.8 Å². The number of aryl methyl sites for hydroxylation is 1. The van der Waals surface area contributed by atoms with Crippen LogP contribution in [0.4, 0.5) is 5.69 Å². The molecule has 0 amide bonds. The number of rotatable bonds is 3. The summed E-state index contributed by atoms with van der Waals surface area (Å²) < 4.78 is 3.00. The van der Waals surface area contributed by atoms with Gasteiger partial charge in [0.05, 0.1) is 5.69 Å². The molecule has 0 atom stereocenters. The van der Waals surface area contributed by atoms with Crippen LogP contribution in [0.3, 0.4) is 0 Å². The highest BCUT2D eigenvalue weighted by molar-refractivity contribution is 9.10. The van der Waals surface area contributed by atoms with Crippen molar-refractivity contribution in [3.05, 3.63) is 40.4 Å². The zero-order valence-electron chi connectivity index (χ0n) is 12.0. The molecule has 6 nitrogen and oxygen atoms in total. The molecule has 1 aliphatic rings. The number of nitrogens with one attached hydrogen (secondary N) is 1. The van der Waals surface area contributed by atoms with Gasteiger partial charge in [0.15, 0.2) is 5.82 Å². The van der Waals surface area contributed by atoms with Crippen molar-refractivity contribution in [3.63, 3.8) is 0 Å². The zero-order valence-corrected chi connectivity index (χ0v) is 13.5. The van der Waals surface area contributed by atoms with Gasteiger partial charge in [-0.1, -0.05) is 22.4 Å². The number of halogens is 1. The molecule has 112 valence electrons. The molecule has 0 saturated carbocycles. The summed E-state index contributed by atoms with van der Waals surface area (Å²) in [6.07, 6.45) is 4.29. The predicted molar refractivity (Wildman–Crippen MR) is 87.5 cm³/mol. The van der Waals surface area contributed by atoms with E-state index in [2.05, 4.69) is 42.7 Å². The van der Waals surface area contributed by atoms with E-state index < -0.39 is 0 Å². The number of anilines is 1. The maximum atomic E-state index is 9.38. The third-order valence-corrected chi connectivity index (χ3v) is 4.10. The molecule has 1 aromatic carbocycles. The first-order chi connectivity index (χ1) is 10.8. The molecule has 0 fully saturated rings. The minimum absolute atomic E-state index is 0.253. The Hall–Kier alpha value is -2.20. The molecule has 2 heterocycles. The predicted octanol–water partition coefficient (Wildman–Crippen LogP) is 3.11. The molecule has 1 aromatic heterocycles. The highest BCUT2D eigenvalue weighted by Crippen LogP contribution is 2.16. The van der Waals surface area contributed by atoms with Crippen molar-refractivity contribution in [1.29, 1.82) is 5.26 Å². The molecular weight excluding hydrogens is 344 g/mol. The number of nitriles is 1. The quantitative estimate of drug-likeness (QED) is 0.675. The van der Waals surface area contributed by atoms with E-state index in [1.807, 2.05) is 28.8 Å². The van der Waals surface area contributed by atoms with Gasteiger partial charge in [0, 0.05) is 17.4 Å². The zero-order chi connectivity index (χ0) is 15.4. The van der Waals surface area contributed by atoms with E-state index in [1.165, 1.54) is 6.42 Å². The Morgan fingerprint density at radius 2 is 2.05 bits per heavy atom. The van der Waals surface area contributed by atoms with Crippen molar-refractivity contribution in [2.24, 2.45) is 5.10 Å². The Labute approximate surface area is 137 Å². The molecule has 22 heavy (non-hydrogen) atoms. The molecule has 1 aliphatic heterocycles. The molecule has 0 radical (unpaired) electrons. The maximum Gasteiger partial charge on any atom is 0.205 e. The minimum Gasteiger partial charge on any atom is -0.309 e. The third kappa shape index (κ3) is 3.17. The first-order valence-corrected chi connectivity index (χ1v) is 7.99. The van der Waals surface area contributed by atoms with Crippen molar-refractivity contribution in [2.75, 3.05) is 5.43 Å². The molecule has 1 N–H and O–H groups in total. The van der Waals surface area contributed by atoms with Gasteiger partial charge in [0.2, 0.25) is 5.71 Å². The van der Waals surface area contributed by atoms with E-state index in [9.17, 15) is 5.26 Å². The van der Waals surface area contributed by atoms with Crippen molar-refractivity contribution in [2.45, 2.75) is 32.2 Å². The highest BCUT2D eigenvalue weighted by Gasteiger charge is 2.18. The third-order valence-electron chi connectivity index (χ3n) is 3.57. The van der Waals surface area contributed by atoms with Crippen LogP contribution in [0.1, 0.15) is 30.9 Å². The highest BCUT2D eigenvalue weighted by atomic mass is 79.9. The fourth-order valence-electron chi connectivity index (χ4n) is 2.43. The number of benzene rings is 1. The van der Waals surface area contributed by atoms with Crippen LogP contribution < -0.4 is 5.43 Å². The summed E-state index contributed by atoms with van der Waals surface area (Å²) in [7, 11) is 0. The lowest BCUT2D eigenvalue weighted by Crippen LogP contribution is -2.12. The van der Waals surface area contributed by atoms with Gasteiger partial charge in [0.1, 0.15) is 11.9 Å². The van der Waals surface area contributed by atoms with E-state index in [1.54, 1.807) is 0 Å². The monoisotopic (exact) mass is 358 g/mol. The lowest BCUT2D eigenvalue weighted by molar-refractivity contribution is 0.628. The summed E-state index contributed by atoms with van der Waals surface area (Å²) in [5, 5.41) is 21.9. The second kappa shape index (κ2) is 6.71. The molecule has 7 heteroatoms. The number of hydrazone groups is 1. The van der Waals surface area contributed by atoms with Crippen LogP contribution in [-0.4, -0.2) is 20.5 Å². The fraction of sp³-hybridized carbons (Fsp3) is 0.333. The van der Waals surface area contributed by atoms with Crippen LogP contribution in [-0.2, 0) is 13.0 Å². The largest absolute Gasteiger partial charge is 0.309 e. The molecule has 0 unspecified atom stereocenters. The number of fused-ring (bicyclic) bond motifs is 1. The number of nitrogens with zero attached hydrogens (tertiary/aromatic N) is 5. The standard InChI is InChI=1S/C15H15BrN6/c16-11-5-7-12(8-6-11)18-19-13(10-17)15-21-20-14-4-2-1-3-9-22(14)15/h5-8,18H,1-4,9H2. The van der Waals surface area contributed by atoms with Crippen molar-refractivity contribution < 1.29 is 0 Å². The van der Waals surface area contributed by atoms with Crippen molar-refractivity contribution in [3.8, 4) is 6.07 Å². The molecule has 2 aromatic rings. The smallest absolute Gasteiger partial charge is 0.205 e. The number of hydrogen-bond acceptors (Lipinski definition) is 5. The topological polar surface area (TPSA) is 78.9 Å². The van der Waals surface area contributed by atoms with Gasteiger partial charge in [-0.05, 0) is 37.1 Å². The molecular formula is C15H15BrN6. The van der Waals surface area contributed by atoms with Crippen LogP contribution in [0.2, 0.25) is 0 Å². The van der Waals surface area contributed by atoms with Crippen molar-refractivity contribution >= 4 is 27.3 Å². The first kappa shape index (κ1) is 14.7. The van der Waals surface area contributed by atoms with E-state index in [0.717, 1.165) is 41.8 Å². The van der Waals surface area contributed by atoms with Crippen molar-refractivity contribution in [1.82, 2.24) is 14.8 Å². The summed E-state index contributed by atoms with van der Waals surface area (Å²) in [5.41, 5.74) is 3.96. The maximum absolute atomic E-state index is 9.38. The van der Waals surface area contributed by atoms with Crippen LogP contribution in [0, 0.1) is 11.3 Å². The Morgan fingerprint density at radius 1 is 1.23 bits per heavy atom. The Morgan fingerprint density at radius 3 is 2.82 bits per heavy atom. The van der Waals surface area contributed by atoms with E-state index in [-0.39, 0.29) is 5.71 Å². The Balaban J connectivity index is 1.85. The van der Waals surface area contributed by atoms with Crippen LogP contribution >= 0.6 is 15.9 Å². The first-order valence-electron chi connectivity index (χ1n) is 7.20. The summed E-state index contributed by atoms with van der Waals surface area (Å²) in [6, 6.07) is 9.69. The van der Waals surface area contributed by atoms with Crippen LogP contribution in [0.25, 0.3) is 0 Å². The SMILES string of the molecule is N#CC(=NNc1ccc(Br)cc1)c1nnc2n1CCCCC2. The molecule has 0 spiro atoms. The lowest BCUT2D eigenvalue weighted by Gasteiger charge is -2.05. The molecule has 0 aliphatic carbocycles. The minimum atomic E-state index is 0.253. The van der Waals surface area contributed by atoms with Gasteiger partial charge >= 0.3 is 0 Å². The Kier molecular flexibility index (Phi) is 4.49. The second-order valence-corrected chi connectivity index (χ2v) is 6.01. The molecule has 0 bridgehead atoms. The molecule has 3 rings (SSSR count). The number of aromatic nitrogens is 3. The summed E-state index contributed by atoms with van der Waals surface area (Å²) in [5.74, 6) is 1.49. The van der Waals surface area contributed by atoms with E-state index in [0.29, 0.717) is 5.82 Å². The average Bonchev–Trinajstić information content (AvgIpc) is 2.79. The summed E-state index contributed by atoms with van der Waals surface area (Å²) >= 11 is 3.38. The normalized spacial score (nSPS) is 14.8. The second-order valence-electron chi connectivity index (χ2n) is 5.09. The van der Waals surface area contributed by atoms with E-state index >= 15 is 0 Å².